The fourth-order valence-corrected chi connectivity index (χ4v) is 2.41. The molecule has 2 amide bonds. The number of nitrogens with one attached hydrogen (secondary N) is 2. The van der Waals surface area contributed by atoms with Crippen LogP contribution in [0, 0.1) is 0 Å². The predicted octanol–water partition coefficient (Wildman–Crippen LogP) is 3.91. The molecule has 2 aromatic rings. The van der Waals surface area contributed by atoms with Crippen molar-refractivity contribution in [2.45, 2.75) is 6.18 Å². The van der Waals surface area contributed by atoms with Gasteiger partial charge in [0.25, 0.3) is 5.91 Å². The van der Waals surface area contributed by atoms with E-state index in [4.69, 9.17) is 11.6 Å². The quantitative estimate of drug-likeness (QED) is 0.527. The number of anilines is 1. The van der Waals surface area contributed by atoms with E-state index in [1.807, 2.05) is 0 Å². The molecule has 0 heterocycles. The number of carbonyl (C=O) groups excluding carboxylic acids is 3. The third-order valence-electron chi connectivity index (χ3n) is 3.77. The maximum Gasteiger partial charge on any atom is 0.416 e. The third kappa shape index (κ3) is 6.63. The van der Waals surface area contributed by atoms with Gasteiger partial charge in [0.15, 0.2) is 0 Å². The van der Waals surface area contributed by atoms with E-state index < -0.39 is 29.5 Å². The lowest BCUT2D eigenvalue weighted by atomic mass is 10.1. The summed E-state index contributed by atoms with van der Waals surface area (Å²) in [6.07, 6.45) is -2.32. The highest BCUT2D eigenvalue weighted by atomic mass is 35.5. The topological polar surface area (TPSA) is 84.5 Å². The lowest BCUT2D eigenvalue weighted by Crippen LogP contribution is -2.30. The largest absolute Gasteiger partial charge is 0.468 e. The Bertz CT molecular complexity index is 973. The molecule has 0 fully saturated rings. The Morgan fingerprint density at radius 3 is 2.37 bits per heavy atom. The summed E-state index contributed by atoms with van der Waals surface area (Å²) in [6, 6.07) is 8.56. The number of hydrogen-bond acceptors (Lipinski definition) is 4. The molecule has 0 unspecified atom stereocenters. The van der Waals surface area contributed by atoms with Crippen molar-refractivity contribution in [3.63, 3.8) is 0 Å². The van der Waals surface area contributed by atoms with E-state index >= 15 is 0 Å². The van der Waals surface area contributed by atoms with Crippen LogP contribution in [-0.2, 0) is 20.5 Å². The van der Waals surface area contributed by atoms with Crippen LogP contribution in [0.5, 0.6) is 0 Å². The van der Waals surface area contributed by atoms with Gasteiger partial charge in [-0.1, -0.05) is 11.6 Å². The molecular weight excluding hydrogens is 425 g/mol. The zero-order valence-corrected chi connectivity index (χ0v) is 16.3. The zero-order chi connectivity index (χ0) is 22.3. The number of rotatable bonds is 6. The lowest BCUT2D eigenvalue weighted by molar-refractivity contribution is -0.139. The number of methoxy groups -OCH3 is 1. The number of amides is 2. The normalized spacial score (nSPS) is 11.2. The molecule has 0 aromatic heterocycles. The minimum Gasteiger partial charge on any atom is -0.468 e. The first-order chi connectivity index (χ1) is 14.1. The minimum atomic E-state index is -4.53. The SMILES string of the molecule is COC(=O)CNC(=O)c1ccc(NC(=O)/C=C/c2cc(C(F)(F)F)ccc2Cl)cc1. The predicted molar refractivity (Wildman–Crippen MR) is 105 cm³/mol. The van der Waals surface area contributed by atoms with E-state index in [1.165, 1.54) is 37.5 Å². The standard InChI is InChI=1S/C20H16ClF3N2O4/c1-30-18(28)11-25-19(29)12-2-6-15(7-3-12)26-17(27)9-4-13-10-14(20(22,23)24)5-8-16(13)21/h2-10H,11H2,1H3,(H,25,29)(H,26,27)/b9-4+. The molecule has 158 valence electrons. The number of esters is 1. The smallest absolute Gasteiger partial charge is 0.416 e. The highest BCUT2D eigenvalue weighted by Gasteiger charge is 2.30. The lowest BCUT2D eigenvalue weighted by Gasteiger charge is -2.08. The first-order valence-corrected chi connectivity index (χ1v) is 8.79. The number of hydrogen-bond donors (Lipinski definition) is 2. The van der Waals surface area contributed by atoms with Crippen molar-refractivity contribution in [1.29, 1.82) is 0 Å². The summed E-state index contributed by atoms with van der Waals surface area (Å²) in [5.41, 5.74) is -0.236. The Kier molecular flexibility index (Phi) is 7.60. The first-order valence-electron chi connectivity index (χ1n) is 8.41. The Hall–Kier alpha value is -3.33. The molecule has 0 aliphatic rings. The average Bonchev–Trinajstić information content (AvgIpc) is 2.70. The molecule has 0 aliphatic heterocycles. The van der Waals surface area contributed by atoms with Gasteiger partial charge >= 0.3 is 12.1 Å². The molecule has 0 bridgehead atoms. The summed E-state index contributed by atoms with van der Waals surface area (Å²) in [7, 11) is 1.20. The summed E-state index contributed by atoms with van der Waals surface area (Å²) in [4.78, 5) is 34.9. The molecular formula is C20H16ClF3N2O4. The molecule has 0 spiro atoms. The van der Waals surface area contributed by atoms with Crippen LogP contribution in [0.4, 0.5) is 18.9 Å². The number of alkyl halides is 3. The highest BCUT2D eigenvalue weighted by Crippen LogP contribution is 2.32. The van der Waals surface area contributed by atoms with Gasteiger partial charge in [-0.15, -0.1) is 0 Å². The fourth-order valence-electron chi connectivity index (χ4n) is 2.23. The molecule has 6 nitrogen and oxygen atoms in total. The molecule has 0 saturated heterocycles. The van der Waals surface area contributed by atoms with E-state index in [1.54, 1.807) is 0 Å². The summed E-state index contributed by atoms with van der Waals surface area (Å²) in [6.45, 7) is -0.281. The second-order valence-corrected chi connectivity index (χ2v) is 6.30. The summed E-state index contributed by atoms with van der Waals surface area (Å²) < 4.78 is 42.8. The Morgan fingerprint density at radius 2 is 1.77 bits per heavy atom. The van der Waals surface area contributed by atoms with E-state index in [0.717, 1.165) is 24.3 Å². The van der Waals surface area contributed by atoms with Crippen molar-refractivity contribution < 1.29 is 32.3 Å². The van der Waals surface area contributed by atoms with Gasteiger partial charge in [0.1, 0.15) is 6.54 Å². The van der Waals surface area contributed by atoms with Crippen molar-refractivity contribution >= 4 is 41.1 Å². The molecule has 2 N–H and O–H groups in total. The first kappa shape index (κ1) is 23.0. The van der Waals surface area contributed by atoms with Crippen molar-refractivity contribution in [1.82, 2.24) is 5.32 Å². The van der Waals surface area contributed by atoms with Crippen LogP contribution in [0.2, 0.25) is 5.02 Å². The Morgan fingerprint density at radius 1 is 1.10 bits per heavy atom. The van der Waals surface area contributed by atoms with E-state index in [9.17, 15) is 27.6 Å². The van der Waals surface area contributed by atoms with Crippen molar-refractivity contribution in [3.8, 4) is 0 Å². The van der Waals surface area contributed by atoms with Gasteiger partial charge in [-0.3, -0.25) is 14.4 Å². The summed E-state index contributed by atoms with van der Waals surface area (Å²) in [5.74, 6) is -1.70. The van der Waals surface area contributed by atoms with Gasteiger partial charge in [-0.25, -0.2) is 0 Å². The maximum atomic E-state index is 12.8. The molecule has 10 heteroatoms. The van der Waals surface area contributed by atoms with Gasteiger partial charge < -0.3 is 15.4 Å². The summed E-state index contributed by atoms with van der Waals surface area (Å²) in [5, 5.41) is 4.93. The van der Waals surface area contributed by atoms with Gasteiger partial charge in [0, 0.05) is 22.3 Å². The van der Waals surface area contributed by atoms with Gasteiger partial charge in [-0.05, 0) is 54.1 Å². The van der Waals surface area contributed by atoms with Crippen LogP contribution in [0.1, 0.15) is 21.5 Å². The Balaban J connectivity index is 2.00. The van der Waals surface area contributed by atoms with Gasteiger partial charge in [0.2, 0.25) is 5.91 Å². The molecule has 0 atom stereocenters. The van der Waals surface area contributed by atoms with Crippen LogP contribution in [0.3, 0.4) is 0 Å². The second kappa shape index (κ2) is 9.93. The average molecular weight is 441 g/mol. The Labute approximate surface area is 174 Å². The van der Waals surface area contributed by atoms with Gasteiger partial charge in [0.05, 0.1) is 12.7 Å². The van der Waals surface area contributed by atoms with Crippen LogP contribution < -0.4 is 10.6 Å². The molecule has 0 saturated carbocycles. The van der Waals surface area contributed by atoms with Crippen LogP contribution in [0.25, 0.3) is 6.08 Å². The second-order valence-electron chi connectivity index (χ2n) is 5.89. The molecule has 30 heavy (non-hydrogen) atoms. The number of carbonyl (C=O) groups is 3. The molecule has 0 radical (unpaired) electrons. The number of ether oxygens (including phenoxy) is 1. The molecule has 0 aliphatic carbocycles. The van der Waals surface area contributed by atoms with Crippen molar-refractivity contribution in [2.24, 2.45) is 0 Å². The van der Waals surface area contributed by atoms with Crippen LogP contribution >= 0.6 is 11.6 Å². The van der Waals surface area contributed by atoms with Crippen molar-refractivity contribution in [3.05, 3.63) is 70.3 Å². The van der Waals surface area contributed by atoms with Crippen LogP contribution in [-0.4, -0.2) is 31.4 Å². The molecule has 2 rings (SSSR count). The highest BCUT2D eigenvalue weighted by molar-refractivity contribution is 6.32. The number of halogens is 4. The monoisotopic (exact) mass is 440 g/mol. The third-order valence-corrected chi connectivity index (χ3v) is 4.12. The zero-order valence-electron chi connectivity index (χ0n) is 15.5. The maximum absolute atomic E-state index is 12.8. The minimum absolute atomic E-state index is 0.0410. The summed E-state index contributed by atoms with van der Waals surface area (Å²) >= 11 is 5.87. The van der Waals surface area contributed by atoms with E-state index in [-0.39, 0.29) is 22.7 Å². The number of benzene rings is 2. The molecule has 2 aromatic carbocycles. The van der Waals surface area contributed by atoms with Gasteiger partial charge in [-0.2, -0.15) is 13.2 Å². The van der Waals surface area contributed by atoms with E-state index in [0.29, 0.717) is 5.69 Å². The van der Waals surface area contributed by atoms with E-state index in [2.05, 4.69) is 15.4 Å². The fraction of sp³-hybridized carbons (Fsp3) is 0.150. The van der Waals surface area contributed by atoms with Crippen LogP contribution in [0.15, 0.2) is 48.5 Å². The van der Waals surface area contributed by atoms with Crippen molar-refractivity contribution in [2.75, 3.05) is 19.0 Å².